The van der Waals surface area contributed by atoms with Gasteiger partial charge < -0.3 is 13.9 Å². The number of hydrogen-bond acceptors (Lipinski definition) is 7. The van der Waals surface area contributed by atoms with Gasteiger partial charge in [0.05, 0.1) is 17.7 Å². The highest BCUT2D eigenvalue weighted by molar-refractivity contribution is 7.07. The van der Waals surface area contributed by atoms with E-state index in [4.69, 9.17) is 13.9 Å². The van der Waals surface area contributed by atoms with Crippen molar-refractivity contribution in [3.8, 4) is 5.75 Å². The Labute approximate surface area is 169 Å². The molecule has 0 spiro atoms. The zero-order valence-electron chi connectivity index (χ0n) is 16.0. The van der Waals surface area contributed by atoms with Crippen LogP contribution >= 0.6 is 11.3 Å². The van der Waals surface area contributed by atoms with Crippen molar-refractivity contribution in [3.05, 3.63) is 73.2 Å². The minimum Gasteiger partial charge on any atom is -0.469 e. The summed E-state index contributed by atoms with van der Waals surface area (Å²) in [5, 5.41) is 0. The minimum atomic E-state index is -1.16. The number of aromatic nitrogens is 1. The van der Waals surface area contributed by atoms with Crippen molar-refractivity contribution in [2.24, 2.45) is 10.9 Å². The van der Waals surface area contributed by atoms with Gasteiger partial charge in [0.15, 0.2) is 4.80 Å². The van der Waals surface area contributed by atoms with Crippen molar-refractivity contribution in [3.63, 3.8) is 0 Å². The number of fused-ring (bicyclic) bond motifs is 6. The number of carbonyl (C=O) groups is 1. The van der Waals surface area contributed by atoms with Gasteiger partial charge in [-0.2, -0.15) is 0 Å². The molecule has 2 aromatic heterocycles. The molecular weight excluding hydrogens is 392 g/mol. The van der Waals surface area contributed by atoms with E-state index in [0.717, 1.165) is 11.3 Å². The highest BCUT2D eigenvalue weighted by atomic mass is 32.1. The Kier molecular flexibility index (Phi) is 3.82. The highest BCUT2D eigenvalue weighted by Gasteiger charge is 2.55. The smallest absolute Gasteiger partial charge is 0.317 e. The number of benzene rings is 1. The van der Waals surface area contributed by atoms with Crippen molar-refractivity contribution < 1.29 is 18.7 Å². The number of nitrogens with zero attached hydrogens (tertiary/aromatic N) is 2. The van der Waals surface area contributed by atoms with E-state index >= 15 is 0 Å². The van der Waals surface area contributed by atoms with Gasteiger partial charge in [-0.05, 0) is 32.0 Å². The third-order valence-electron chi connectivity index (χ3n) is 5.37. The quantitative estimate of drug-likeness (QED) is 0.601. The molecule has 8 heteroatoms. The summed E-state index contributed by atoms with van der Waals surface area (Å²) in [5.74, 6) is 0.723. The van der Waals surface area contributed by atoms with E-state index in [1.165, 1.54) is 18.4 Å². The molecule has 0 radical (unpaired) electrons. The normalized spacial score (nSPS) is 24.9. The SMILES string of the molecule is COC(=O)[C@@H]1[C@@H]2c3ccccc3O[C@]1(C)N=c1s/c(=C\c3ccc(C)o3)c(=O)n12. The second-order valence-corrected chi connectivity index (χ2v) is 8.28. The van der Waals surface area contributed by atoms with Gasteiger partial charge >= 0.3 is 5.97 Å². The van der Waals surface area contributed by atoms with E-state index in [0.29, 0.717) is 20.8 Å². The minimum absolute atomic E-state index is 0.222. The Morgan fingerprint density at radius 2 is 2.10 bits per heavy atom. The Balaban J connectivity index is 1.81. The van der Waals surface area contributed by atoms with E-state index in [-0.39, 0.29) is 5.56 Å². The molecule has 0 saturated heterocycles. The van der Waals surface area contributed by atoms with Crippen LogP contribution in [0.4, 0.5) is 0 Å². The Morgan fingerprint density at radius 3 is 2.83 bits per heavy atom. The van der Waals surface area contributed by atoms with Crippen molar-refractivity contribution in [2.45, 2.75) is 25.6 Å². The molecule has 3 aromatic rings. The lowest BCUT2D eigenvalue weighted by molar-refractivity contribution is -0.158. The molecular formula is C21H18N2O5S. The molecule has 29 heavy (non-hydrogen) atoms. The summed E-state index contributed by atoms with van der Waals surface area (Å²) in [7, 11) is 1.33. The fourth-order valence-corrected chi connectivity index (χ4v) is 5.17. The van der Waals surface area contributed by atoms with Crippen molar-refractivity contribution in [1.29, 1.82) is 0 Å². The molecule has 2 aliphatic heterocycles. The first-order chi connectivity index (χ1) is 13.9. The van der Waals surface area contributed by atoms with Gasteiger partial charge in [-0.25, -0.2) is 4.99 Å². The van der Waals surface area contributed by atoms with Crippen LogP contribution in [-0.2, 0) is 9.53 Å². The lowest BCUT2D eigenvalue weighted by Gasteiger charge is -2.44. The Bertz CT molecular complexity index is 1320. The van der Waals surface area contributed by atoms with E-state index < -0.39 is 23.7 Å². The summed E-state index contributed by atoms with van der Waals surface area (Å²) in [5.41, 5.74) is -0.626. The van der Waals surface area contributed by atoms with Crippen molar-refractivity contribution in [2.75, 3.05) is 7.11 Å². The molecule has 0 unspecified atom stereocenters. The fraction of sp³-hybridized carbons (Fsp3) is 0.286. The zero-order chi connectivity index (χ0) is 20.3. The number of para-hydroxylation sites is 1. The van der Waals surface area contributed by atoms with Crippen LogP contribution in [0, 0.1) is 12.8 Å². The second-order valence-electron chi connectivity index (χ2n) is 7.27. The summed E-state index contributed by atoms with van der Waals surface area (Å²) >= 11 is 1.25. The van der Waals surface area contributed by atoms with Crippen molar-refractivity contribution in [1.82, 2.24) is 4.57 Å². The molecule has 0 N–H and O–H groups in total. The molecule has 7 nitrogen and oxygen atoms in total. The Morgan fingerprint density at radius 1 is 1.31 bits per heavy atom. The van der Waals surface area contributed by atoms with Gasteiger partial charge in [-0.1, -0.05) is 29.5 Å². The van der Waals surface area contributed by atoms with E-state index in [1.54, 1.807) is 17.6 Å². The molecule has 2 bridgehead atoms. The first-order valence-electron chi connectivity index (χ1n) is 9.16. The van der Waals surface area contributed by atoms with Crippen molar-refractivity contribution >= 4 is 23.4 Å². The number of esters is 1. The van der Waals surface area contributed by atoms with Crippen LogP contribution in [0.15, 0.2) is 50.6 Å². The van der Waals surface area contributed by atoms with Gasteiger partial charge in [0.2, 0.25) is 5.72 Å². The maximum absolute atomic E-state index is 13.3. The summed E-state index contributed by atoms with van der Waals surface area (Å²) < 4.78 is 18.9. The van der Waals surface area contributed by atoms with Crippen LogP contribution in [0.25, 0.3) is 6.08 Å². The monoisotopic (exact) mass is 410 g/mol. The molecule has 3 atom stereocenters. The molecule has 2 aliphatic rings. The number of aryl methyl sites for hydroxylation is 1. The lowest BCUT2D eigenvalue weighted by Crippen LogP contribution is -2.58. The molecule has 0 aliphatic carbocycles. The van der Waals surface area contributed by atoms with Crippen LogP contribution in [0.5, 0.6) is 5.75 Å². The third kappa shape index (κ3) is 2.59. The molecule has 148 valence electrons. The number of rotatable bonds is 2. The van der Waals surface area contributed by atoms with E-state index in [1.807, 2.05) is 43.3 Å². The van der Waals surface area contributed by atoms with Gasteiger partial charge in [0.1, 0.15) is 23.2 Å². The average Bonchev–Trinajstić information content (AvgIpc) is 3.23. The van der Waals surface area contributed by atoms with E-state index in [2.05, 4.69) is 4.99 Å². The zero-order valence-corrected chi connectivity index (χ0v) is 16.9. The third-order valence-corrected chi connectivity index (χ3v) is 6.35. The summed E-state index contributed by atoms with van der Waals surface area (Å²) in [6.07, 6.45) is 1.70. The number of hydrogen-bond donors (Lipinski definition) is 0. The summed E-state index contributed by atoms with van der Waals surface area (Å²) in [6, 6.07) is 10.5. The predicted octanol–water partition coefficient (Wildman–Crippen LogP) is 1.76. The van der Waals surface area contributed by atoms with Crippen LogP contribution in [-0.4, -0.2) is 23.4 Å². The van der Waals surface area contributed by atoms with Gasteiger partial charge in [0, 0.05) is 11.6 Å². The fourth-order valence-electron chi connectivity index (χ4n) is 4.09. The van der Waals surface area contributed by atoms with E-state index in [9.17, 15) is 9.59 Å². The van der Waals surface area contributed by atoms with Gasteiger partial charge in [0.25, 0.3) is 5.56 Å². The molecule has 1 aromatic carbocycles. The Hall–Kier alpha value is -3.13. The molecule has 0 amide bonds. The topological polar surface area (TPSA) is 83.0 Å². The largest absolute Gasteiger partial charge is 0.469 e. The van der Waals surface area contributed by atoms with Crippen LogP contribution in [0.2, 0.25) is 0 Å². The maximum atomic E-state index is 13.3. The number of methoxy groups -OCH3 is 1. The summed E-state index contributed by atoms with van der Waals surface area (Å²) in [4.78, 5) is 31.3. The maximum Gasteiger partial charge on any atom is 0.317 e. The van der Waals surface area contributed by atoms with Crippen LogP contribution < -0.4 is 19.6 Å². The standard InChI is InChI=1S/C21H18N2O5S/c1-11-8-9-12(27-11)10-15-18(24)23-17-13-6-4-5-7-14(13)28-21(2,22-20(23)29-15)16(17)19(25)26-3/h4-10,16-17H,1-3H3/b15-10-/t16-,17-,21-/m0/s1. The van der Waals surface area contributed by atoms with Crippen LogP contribution in [0.1, 0.15) is 30.0 Å². The molecule has 5 rings (SSSR count). The predicted molar refractivity (Wildman–Crippen MR) is 105 cm³/mol. The van der Waals surface area contributed by atoms with Gasteiger partial charge in [-0.3, -0.25) is 14.2 Å². The molecule has 4 heterocycles. The second kappa shape index (κ2) is 6.18. The number of thiazole rings is 1. The first-order valence-corrected chi connectivity index (χ1v) is 9.98. The lowest BCUT2D eigenvalue weighted by atomic mass is 9.81. The highest BCUT2D eigenvalue weighted by Crippen LogP contribution is 2.47. The number of furan rings is 1. The molecule has 0 fully saturated rings. The number of ether oxygens (including phenoxy) is 2. The van der Waals surface area contributed by atoms with Crippen LogP contribution in [0.3, 0.4) is 0 Å². The summed E-state index contributed by atoms with van der Waals surface area (Å²) in [6.45, 7) is 3.60. The average molecular weight is 410 g/mol. The first kappa shape index (κ1) is 17.9. The number of carbonyl (C=O) groups excluding carboxylic acids is 1. The molecule has 0 saturated carbocycles. The van der Waals surface area contributed by atoms with Gasteiger partial charge in [-0.15, -0.1) is 0 Å².